The summed E-state index contributed by atoms with van der Waals surface area (Å²) in [4.78, 5) is 0. The van der Waals surface area contributed by atoms with Crippen molar-refractivity contribution in [1.29, 1.82) is 0 Å². The second kappa shape index (κ2) is 4.01. The van der Waals surface area contributed by atoms with E-state index in [0.717, 1.165) is 22.8 Å². The minimum Gasteiger partial charge on any atom is -0.399 e. The Morgan fingerprint density at radius 2 is 1.94 bits per heavy atom. The number of nitrogens with two attached hydrogens (primary N) is 2. The average molecular weight is 231 g/mol. The normalized spacial score (nSPS) is 10.5. The van der Waals surface area contributed by atoms with Crippen LogP contribution in [0.5, 0.6) is 0 Å². The first-order valence-corrected chi connectivity index (χ1v) is 5.41. The Labute approximate surface area is 100 Å². The highest BCUT2D eigenvalue weighted by atomic mass is 15.3. The van der Waals surface area contributed by atoms with Crippen molar-refractivity contribution in [2.45, 2.75) is 13.8 Å². The maximum absolute atomic E-state index is 5.91. The van der Waals surface area contributed by atoms with Gasteiger partial charge in [0.2, 0.25) is 0 Å². The molecule has 0 unspecified atom stereocenters. The molecule has 5 heteroatoms. The van der Waals surface area contributed by atoms with E-state index in [0.29, 0.717) is 11.4 Å². The van der Waals surface area contributed by atoms with Crippen LogP contribution in [0.2, 0.25) is 0 Å². The van der Waals surface area contributed by atoms with Crippen LogP contribution in [0.1, 0.15) is 11.4 Å². The number of nitrogens with one attached hydrogen (secondary N) is 1. The molecule has 0 aliphatic heterocycles. The molecule has 0 radical (unpaired) electrons. The first-order valence-electron chi connectivity index (χ1n) is 5.41. The third kappa shape index (κ3) is 2.04. The maximum atomic E-state index is 5.91. The number of nitrogens with zero attached hydrogens (tertiary/aromatic N) is 2. The van der Waals surface area contributed by atoms with Crippen LogP contribution < -0.4 is 16.8 Å². The van der Waals surface area contributed by atoms with Gasteiger partial charge in [-0.05, 0) is 32.0 Å². The molecule has 0 aliphatic carbocycles. The number of rotatable bonds is 2. The lowest BCUT2D eigenvalue weighted by molar-refractivity contribution is 0.731. The van der Waals surface area contributed by atoms with Crippen molar-refractivity contribution in [3.8, 4) is 0 Å². The molecule has 0 bridgehead atoms. The minimum atomic E-state index is 0.632. The van der Waals surface area contributed by atoms with Crippen LogP contribution >= 0.6 is 0 Å². The van der Waals surface area contributed by atoms with E-state index in [1.165, 1.54) is 0 Å². The molecule has 17 heavy (non-hydrogen) atoms. The Hall–Kier alpha value is -2.17. The zero-order valence-electron chi connectivity index (χ0n) is 10.3. The van der Waals surface area contributed by atoms with Crippen LogP contribution in [0, 0.1) is 13.8 Å². The number of hydrogen-bond donors (Lipinski definition) is 3. The largest absolute Gasteiger partial charge is 0.399 e. The predicted octanol–water partition coefficient (Wildman–Crippen LogP) is 1.94. The molecule has 1 aromatic heterocycles. The third-order valence-electron chi connectivity index (χ3n) is 2.84. The van der Waals surface area contributed by atoms with E-state index in [2.05, 4.69) is 10.4 Å². The lowest BCUT2D eigenvalue weighted by Gasteiger charge is -2.10. The molecule has 2 aromatic rings. The molecule has 0 fully saturated rings. The van der Waals surface area contributed by atoms with Crippen LogP contribution in [-0.2, 0) is 7.05 Å². The number of aromatic nitrogens is 2. The van der Waals surface area contributed by atoms with E-state index in [1.54, 1.807) is 6.07 Å². The number of hydrogen-bond acceptors (Lipinski definition) is 4. The van der Waals surface area contributed by atoms with Crippen molar-refractivity contribution in [2.24, 2.45) is 7.05 Å². The van der Waals surface area contributed by atoms with Crippen molar-refractivity contribution < 1.29 is 0 Å². The highest BCUT2D eigenvalue weighted by Crippen LogP contribution is 2.28. The van der Waals surface area contributed by atoms with Crippen molar-refractivity contribution in [2.75, 3.05) is 16.8 Å². The van der Waals surface area contributed by atoms with Crippen molar-refractivity contribution in [1.82, 2.24) is 9.78 Å². The SMILES string of the molecule is Cc1nn(C)c(C)c1Nc1ccc(N)cc1N. The molecule has 5 N–H and O–H groups in total. The Morgan fingerprint density at radius 1 is 1.24 bits per heavy atom. The lowest BCUT2D eigenvalue weighted by Crippen LogP contribution is -1.99. The molecule has 0 spiro atoms. The van der Waals surface area contributed by atoms with Crippen LogP contribution in [0.3, 0.4) is 0 Å². The maximum Gasteiger partial charge on any atom is 0.0831 e. The fourth-order valence-corrected chi connectivity index (χ4v) is 1.78. The molecule has 0 aliphatic rings. The highest BCUT2D eigenvalue weighted by molar-refractivity contribution is 5.76. The number of benzene rings is 1. The van der Waals surface area contributed by atoms with Crippen LogP contribution in [-0.4, -0.2) is 9.78 Å². The van der Waals surface area contributed by atoms with Crippen molar-refractivity contribution in [3.05, 3.63) is 29.6 Å². The summed E-state index contributed by atoms with van der Waals surface area (Å²) in [6, 6.07) is 5.43. The van der Waals surface area contributed by atoms with E-state index in [-0.39, 0.29) is 0 Å². The van der Waals surface area contributed by atoms with Gasteiger partial charge in [0.25, 0.3) is 0 Å². The molecular weight excluding hydrogens is 214 g/mol. The molecule has 1 heterocycles. The molecule has 0 amide bonds. The molecule has 0 saturated carbocycles. The summed E-state index contributed by atoms with van der Waals surface area (Å²) in [6.07, 6.45) is 0. The first-order chi connectivity index (χ1) is 7.99. The van der Waals surface area contributed by atoms with Gasteiger partial charge in [0.05, 0.1) is 28.5 Å². The van der Waals surface area contributed by atoms with Gasteiger partial charge in [-0.15, -0.1) is 0 Å². The van der Waals surface area contributed by atoms with E-state index in [4.69, 9.17) is 11.5 Å². The number of anilines is 4. The zero-order valence-corrected chi connectivity index (χ0v) is 10.3. The van der Waals surface area contributed by atoms with Gasteiger partial charge in [-0.3, -0.25) is 4.68 Å². The quantitative estimate of drug-likeness (QED) is 0.690. The molecule has 5 nitrogen and oxygen atoms in total. The van der Waals surface area contributed by atoms with Crippen LogP contribution in [0.25, 0.3) is 0 Å². The summed E-state index contributed by atoms with van der Waals surface area (Å²) >= 11 is 0. The second-order valence-electron chi connectivity index (χ2n) is 4.14. The first kappa shape index (κ1) is 11.3. The number of aryl methyl sites for hydroxylation is 2. The van der Waals surface area contributed by atoms with Gasteiger partial charge in [-0.25, -0.2) is 0 Å². The van der Waals surface area contributed by atoms with Gasteiger partial charge in [0.15, 0.2) is 0 Å². The van der Waals surface area contributed by atoms with Crippen molar-refractivity contribution in [3.63, 3.8) is 0 Å². The fourth-order valence-electron chi connectivity index (χ4n) is 1.78. The Balaban J connectivity index is 2.38. The molecule has 0 saturated heterocycles. The average Bonchev–Trinajstić information content (AvgIpc) is 2.48. The summed E-state index contributed by atoms with van der Waals surface area (Å²) in [6.45, 7) is 3.97. The Bertz CT molecular complexity index is 556. The summed E-state index contributed by atoms with van der Waals surface area (Å²) in [5.41, 5.74) is 16.7. The highest BCUT2D eigenvalue weighted by Gasteiger charge is 2.10. The molecular formula is C12H17N5. The monoisotopic (exact) mass is 231 g/mol. The van der Waals surface area contributed by atoms with E-state index >= 15 is 0 Å². The van der Waals surface area contributed by atoms with Crippen LogP contribution in [0.15, 0.2) is 18.2 Å². The summed E-state index contributed by atoms with van der Waals surface area (Å²) in [7, 11) is 1.92. The Morgan fingerprint density at radius 3 is 2.47 bits per heavy atom. The Kier molecular flexibility index (Phi) is 2.67. The van der Waals surface area contributed by atoms with Gasteiger partial charge in [-0.2, -0.15) is 5.10 Å². The molecule has 2 rings (SSSR count). The summed E-state index contributed by atoms with van der Waals surface area (Å²) in [5, 5.41) is 7.64. The van der Waals surface area contributed by atoms with E-state index in [1.807, 2.05) is 37.7 Å². The minimum absolute atomic E-state index is 0.632. The van der Waals surface area contributed by atoms with Crippen molar-refractivity contribution >= 4 is 22.7 Å². The van der Waals surface area contributed by atoms with Gasteiger partial charge in [0.1, 0.15) is 0 Å². The summed E-state index contributed by atoms with van der Waals surface area (Å²) < 4.78 is 1.84. The van der Waals surface area contributed by atoms with Gasteiger partial charge in [0, 0.05) is 12.7 Å². The van der Waals surface area contributed by atoms with Gasteiger partial charge in [-0.1, -0.05) is 0 Å². The van der Waals surface area contributed by atoms with Gasteiger partial charge < -0.3 is 16.8 Å². The standard InChI is InChI=1S/C12H17N5/c1-7-12(8(2)17(3)16-7)15-11-5-4-9(13)6-10(11)14/h4-6,15H,13-14H2,1-3H3. The predicted molar refractivity (Wildman–Crippen MR) is 71.2 cm³/mol. The van der Waals surface area contributed by atoms with Gasteiger partial charge >= 0.3 is 0 Å². The third-order valence-corrected chi connectivity index (χ3v) is 2.84. The van der Waals surface area contributed by atoms with Crippen LogP contribution in [0.4, 0.5) is 22.7 Å². The second-order valence-corrected chi connectivity index (χ2v) is 4.14. The topological polar surface area (TPSA) is 81.9 Å². The fraction of sp³-hybridized carbons (Fsp3) is 0.250. The molecule has 0 atom stereocenters. The number of nitrogen functional groups attached to an aromatic ring is 2. The molecule has 1 aromatic carbocycles. The molecule has 90 valence electrons. The zero-order chi connectivity index (χ0) is 12.6. The van der Waals surface area contributed by atoms with E-state index in [9.17, 15) is 0 Å². The van der Waals surface area contributed by atoms with E-state index < -0.39 is 0 Å². The lowest BCUT2D eigenvalue weighted by atomic mass is 10.2. The summed E-state index contributed by atoms with van der Waals surface area (Å²) in [5.74, 6) is 0. The smallest absolute Gasteiger partial charge is 0.0831 e.